The van der Waals surface area contributed by atoms with E-state index in [9.17, 15) is 23.2 Å². The smallest absolute Gasteiger partial charge is 0.324 e. The molecule has 1 fully saturated rings. The van der Waals surface area contributed by atoms with E-state index in [4.69, 9.17) is 0 Å². The summed E-state index contributed by atoms with van der Waals surface area (Å²) in [6.07, 6.45) is 0. The molecule has 0 radical (unpaired) electrons. The second kappa shape index (κ2) is 8.20. The van der Waals surface area contributed by atoms with Crippen LogP contribution in [0.5, 0.6) is 0 Å². The minimum atomic E-state index is -2.64. The Morgan fingerprint density at radius 3 is 2.48 bits per heavy atom. The molecule has 2 N–H and O–H groups in total. The first-order valence-corrected chi connectivity index (χ1v) is 9.63. The zero-order valence-electron chi connectivity index (χ0n) is 15.7. The SMILES string of the molecule is Cc1ccc(C2(C)NC(=O)N(CC(=O)Nc3ccccc3SC(F)F)C2=O)cc1. The van der Waals surface area contributed by atoms with Gasteiger partial charge in [-0.1, -0.05) is 53.7 Å². The lowest BCUT2D eigenvalue weighted by Gasteiger charge is -2.22. The Kier molecular flexibility index (Phi) is 5.88. The summed E-state index contributed by atoms with van der Waals surface area (Å²) in [6, 6.07) is 12.5. The summed E-state index contributed by atoms with van der Waals surface area (Å²) in [5.74, 6) is -3.87. The summed E-state index contributed by atoms with van der Waals surface area (Å²) in [6.45, 7) is 2.95. The minimum Gasteiger partial charge on any atom is -0.324 e. The number of thioether (sulfide) groups is 1. The molecule has 1 heterocycles. The third-order valence-corrected chi connectivity index (χ3v) is 5.37. The topological polar surface area (TPSA) is 78.5 Å². The lowest BCUT2D eigenvalue weighted by atomic mass is 9.91. The van der Waals surface area contributed by atoms with E-state index < -0.39 is 35.7 Å². The number of anilines is 1. The molecule has 0 aromatic heterocycles. The highest BCUT2D eigenvalue weighted by Crippen LogP contribution is 2.32. The Balaban J connectivity index is 1.74. The first kappa shape index (κ1) is 20.8. The molecular formula is C20H19F2N3O3S. The monoisotopic (exact) mass is 419 g/mol. The van der Waals surface area contributed by atoms with Crippen LogP contribution in [0.3, 0.4) is 0 Å². The van der Waals surface area contributed by atoms with Crippen molar-refractivity contribution in [1.29, 1.82) is 0 Å². The van der Waals surface area contributed by atoms with Crippen LogP contribution in [0.25, 0.3) is 0 Å². The molecule has 1 aliphatic heterocycles. The third-order valence-electron chi connectivity index (χ3n) is 4.58. The van der Waals surface area contributed by atoms with E-state index in [2.05, 4.69) is 10.6 Å². The summed E-state index contributed by atoms with van der Waals surface area (Å²) in [5, 5.41) is 5.12. The molecule has 4 amide bonds. The average Bonchev–Trinajstić information content (AvgIpc) is 2.87. The van der Waals surface area contributed by atoms with Crippen LogP contribution >= 0.6 is 11.8 Å². The maximum atomic E-state index is 12.9. The quantitative estimate of drug-likeness (QED) is 0.553. The number of hydrogen-bond acceptors (Lipinski definition) is 4. The van der Waals surface area contributed by atoms with E-state index in [1.807, 2.05) is 19.1 Å². The second-order valence-electron chi connectivity index (χ2n) is 6.74. The normalized spacial score (nSPS) is 18.9. The number of alkyl halides is 2. The standard InChI is InChI=1S/C20H19F2N3O3S/c1-12-7-9-13(10-8-12)20(2)17(27)25(19(28)24-20)11-16(26)23-14-5-3-4-6-15(14)29-18(21)22/h3-10,18H,11H2,1-2H3,(H,23,26)(H,24,28). The van der Waals surface area contributed by atoms with Crippen molar-refractivity contribution in [3.8, 4) is 0 Å². The number of nitrogens with one attached hydrogen (secondary N) is 2. The van der Waals surface area contributed by atoms with Gasteiger partial charge in [-0.05, 0) is 31.5 Å². The summed E-state index contributed by atoms with van der Waals surface area (Å²) in [5.41, 5.74) is 0.513. The molecule has 29 heavy (non-hydrogen) atoms. The predicted molar refractivity (Wildman–Crippen MR) is 106 cm³/mol. The van der Waals surface area contributed by atoms with Gasteiger partial charge in [0.25, 0.3) is 11.7 Å². The van der Waals surface area contributed by atoms with Crippen molar-refractivity contribution in [2.24, 2.45) is 0 Å². The van der Waals surface area contributed by atoms with Crippen LogP contribution in [0.15, 0.2) is 53.4 Å². The van der Waals surface area contributed by atoms with E-state index in [0.717, 1.165) is 10.5 Å². The maximum absolute atomic E-state index is 12.9. The Bertz CT molecular complexity index is 952. The van der Waals surface area contributed by atoms with Crippen molar-refractivity contribution < 1.29 is 23.2 Å². The number of carbonyl (C=O) groups is 3. The Morgan fingerprint density at radius 1 is 1.17 bits per heavy atom. The van der Waals surface area contributed by atoms with Gasteiger partial charge in [0.15, 0.2) is 0 Å². The van der Waals surface area contributed by atoms with Gasteiger partial charge in [-0.3, -0.25) is 14.5 Å². The van der Waals surface area contributed by atoms with Crippen molar-refractivity contribution in [1.82, 2.24) is 10.2 Å². The van der Waals surface area contributed by atoms with Gasteiger partial charge in [0.05, 0.1) is 5.69 Å². The average molecular weight is 419 g/mol. The number of amides is 4. The van der Waals surface area contributed by atoms with Crippen LogP contribution in [-0.2, 0) is 15.1 Å². The molecular weight excluding hydrogens is 400 g/mol. The zero-order chi connectivity index (χ0) is 21.2. The van der Waals surface area contributed by atoms with Crippen molar-refractivity contribution >= 4 is 35.3 Å². The number of carbonyl (C=O) groups excluding carboxylic acids is 3. The molecule has 0 bridgehead atoms. The second-order valence-corrected chi connectivity index (χ2v) is 7.77. The number of aryl methyl sites for hydroxylation is 1. The Hall–Kier alpha value is -2.94. The van der Waals surface area contributed by atoms with Crippen molar-refractivity contribution in [2.45, 2.75) is 30.0 Å². The van der Waals surface area contributed by atoms with Gasteiger partial charge >= 0.3 is 6.03 Å². The molecule has 3 rings (SSSR count). The molecule has 6 nitrogen and oxygen atoms in total. The molecule has 1 atom stereocenters. The predicted octanol–water partition coefficient (Wildman–Crippen LogP) is 3.72. The van der Waals surface area contributed by atoms with Crippen LogP contribution in [0.4, 0.5) is 19.3 Å². The zero-order valence-corrected chi connectivity index (χ0v) is 16.6. The van der Waals surface area contributed by atoms with Gasteiger partial charge in [-0.2, -0.15) is 8.78 Å². The third kappa shape index (κ3) is 4.40. The fraction of sp³-hybridized carbons (Fsp3) is 0.250. The van der Waals surface area contributed by atoms with E-state index in [0.29, 0.717) is 17.3 Å². The summed E-state index contributed by atoms with van der Waals surface area (Å²) < 4.78 is 25.4. The number of rotatable bonds is 6. The van der Waals surface area contributed by atoms with Crippen LogP contribution < -0.4 is 10.6 Å². The molecule has 9 heteroatoms. The lowest BCUT2D eigenvalue weighted by molar-refractivity contribution is -0.133. The van der Waals surface area contributed by atoms with E-state index >= 15 is 0 Å². The fourth-order valence-corrected chi connectivity index (χ4v) is 3.62. The van der Waals surface area contributed by atoms with Crippen LogP contribution in [0, 0.1) is 6.92 Å². The first-order valence-electron chi connectivity index (χ1n) is 8.75. The summed E-state index contributed by atoms with van der Waals surface area (Å²) in [4.78, 5) is 38.7. The van der Waals surface area contributed by atoms with E-state index in [-0.39, 0.29) is 10.6 Å². The molecule has 152 valence electrons. The molecule has 0 spiro atoms. The van der Waals surface area contributed by atoms with Crippen molar-refractivity contribution in [3.05, 3.63) is 59.7 Å². The molecule has 2 aromatic carbocycles. The molecule has 2 aromatic rings. The van der Waals surface area contributed by atoms with E-state index in [1.54, 1.807) is 31.2 Å². The number of benzene rings is 2. The molecule has 0 aliphatic carbocycles. The van der Waals surface area contributed by atoms with Crippen molar-refractivity contribution in [2.75, 3.05) is 11.9 Å². The number of para-hydroxylation sites is 1. The Morgan fingerprint density at radius 2 is 1.83 bits per heavy atom. The van der Waals surface area contributed by atoms with E-state index in [1.165, 1.54) is 12.1 Å². The van der Waals surface area contributed by atoms with Gasteiger partial charge in [0.1, 0.15) is 12.1 Å². The fourth-order valence-electron chi connectivity index (χ4n) is 3.03. The molecule has 1 aliphatic rings. The number of nitrogens with zero attached hydrogens (tertiary/aromatic N) is 1. The highest BCUT2D eigenvalue weighted by molar-refractivity contribution is 7.99. The summed E-state index contributed by atoms with van der Waals surface area (Å²) in [7, 11) is 0. The van der Waals surface area contributed by atoms with Crippen LogP contribution in [0.2, 0.25) is 0 Å². The number of hydrogen-bond donors (Lipinski definition) is 2. The van der Waals surface area contributed by atoms with Gasteiger partial charge in [0, 0.05) is 4.90 Å². The minimum absolute atomic E-state index is 0.191. The lowest BCUT2D eigenvalue weighted by Crippen LogP contribution is -2.42. The largest absolute Gasteiger partial charge is 0.325 e. The van der Waals surface area contributed by atoms with Gasteiger partial charge in [-0.25, -0.2) is 4.79 Å². The number of imide groups is 1. The maximum Gasteiger partial charge on any atom is 0.325 e. The number of urea groups is 1. The summed E-state index contributed by atoms with van der Waals surface area (Å²) >= 11 is 0.301. The molecule has 1 unspecified atom stereocenters. The first-order chi connectivity index (χ1) is 13.7. The van der Waals surface area contributed by atoms with Gasteiger partial charge in [0.2, 0.25) is 5.91 Å². The van der Waals surface area contributed by atoms with Crippen LogP contribution in [-0.4, -0.2) is 35.0 Å². The Labute approximate surface area is 170 Å². The molecule has 1 saturated heterocycles. The van der Waals surface area contributed by atoms with Gasteiger partial charge < -0.3 is 10.6 Å². The van der Waals surface area contributed by atoms with Crippen molar-refractivity contribution in [3.63, 3.8) is 0 Å². The number of halogens is 2. The van der Waals surface area contributed by atoms with Crippen LogP contribution in [0.1, 0.15) is 18.1 Å². The van der Waals surface area contributed by atoms with Gasteiger partial charge in [-0.15, -0.1) is 0 Å². The highest BCUT2D eigenvalue weighted by Gasteiger charge is 2.49. The highest BCUT2D eigenvalue weighted by atomic mass is 32.2. The molecule has 0 saturated carbocycles.